The Balaban J connectivity index is 2.29. The highest BCUT2D eigenvalue weighted by molar-refractivity contribution is 5.71. The zero-order valence-electron chi connectivity index (χ0n) is 22.2. The molecule has 0 saturated heterocycles. The summed E-state index contributed by atoms with van der Waals surface area (Å²) in [5, 5.41) is 10.3. The van der Waals surface area contributed by atoms with Crippen molar-refractivity contribution in [1.82, 2.24) is 0 Å². The van der Waals surface area contributed by atoms with Crippen LogP contribution in [0.5, 0.6) is 11.5 Å². The van der Waals surface area contributed by atoms with Gasteiger partial charge in [0.1, 0.15) is 18.1 Å². The van der Waals surface area contributed by atoms with Crippen molar-refractivity contribution in [2.24, 2.45) is 5.41 Å². The molecule has 188 valence electrons. The maximum atomic E-state index is 11.7. The number of hydrogen-bond donors (Lipinski definition) is 1. The van der Waals surface area contributed by atoms with Crippen LogP contribution in [0, 0.1) is 19.3 Å². The predicted molar refractivity (Wildman–Crippen MR) is 137 cm³/mol. The molecule has 0 radical (unpaired) electrons. The lowest BCUT2D eigenvalue weighted by Gasteiger charge is -2.34. The molecule has 0 bridgehead atoms. The van der Waals surface area contributed by atoms with E-state index in [4.69, 9.17) is 14.2 Å². The number of benzene rings is 2. The van der Waals surface area contributed by atoms with E-state index in [1.807, 2.05) is 39.8 Å². The number of aryl methyl sites for hydroxylation is 2. The van der Waals surface area contributed by atoms with E-state index in [9.17, 15) is 9.90 Å². The van der Waals surface area contributed by atoms with Crippen molar-refractivity contribution >= 4 is 5.97 Å². The van der Waals surface area contributed by atoms with Gasteiger partial charge in [-0.2, -0.15) is 0 Å². The van der Waals surface area contributed by atoms with Crippen molar-refractivity contribution in [3.63, 3.8) is 0 Å². The van der Waals surface area contributed by atoms with Gasteiger partial charge in [-0.05, 0) is 73.4 Å². The van der Waals surface area contributed by atoms with Gasteiger partial charge in [0.05, 0.1) is 12.7 Å². The molecule has 34 heavy (non-hydrogen) atoms. The van der Waals surface area contributed by atoms with Gasteiger partial charge in [0.25, 0.3) is 0 Å². The monoisotopic (exact) mass is 470 g/mol. The number of ether oxygens (including phenoxy) is 3. The van der Waals surface area contributed by atoms with Gasteiger partial charge in [-0.25, -0.2) is 4.79 Å². The molecule has 2 aromatic carbocycles. The van der Waals surface area contributed by atoms with Crippen molar-refractivity contribution in [2.75, 3.05) is 19.8 Å². The third kappa shape index (κ3) is 6.53. The molecule has 0 amide bonds. The summed E-state index contributed by atoms with van der Waals surface area (Å²) < 4.78 is 16.6. The summed E-state index contributed by atoms with van der Waals surface area (Å²) in [7, 11) is 0. The highest BCUT2D eigenvalue weighted by Crippen LogP contribution is 2.41. The van der Waals surface area contributed by atoms with Crippen LogP contribution in [0.2, 0.25) is 0 Å². The molecule has 0 aliphatic rings. The fourth-order valence-electron chi connectivity index (χ4n) is 4.21. The number of hydrogen-bond acceptors (Lipinski definition) is 5. The van der Waals surface area contributed by atoms with E-state index >= 15 is 0 Å². The van der Waals surface area contributed by atoms with E-state index in [1.165, 1.54) is 11.1 Å². The SMILES string of the molecule is CCOC(=O)COc1ccc(C(CC)(CC)c2ccc(OC[C@@H](O)C(C)(C)C)c(C)c2)cc1C. The Labute approximate surface area is 205 Å². The van der Waals surface area contributed by atoms with Crippen LogP contribution in [-0.2, 0) is 14.9 Å². The summed E-state index contributed by atoms with van der Waals surface area (Å²) in [5.41, 5.74) is 4.11. The van der Waals surface area contributed by atoms with Crippen LogP contribution < -0.4 is 9.47 Å². The number of aliphatic hydroxyl groups excluding tert-OH is 1. The maximum Gasteiger partial charge on any atom is 0.344 e. The minimum atomic E-state index is -0.538. The van der Waals surface area contributed by atoms with E-state index in [1.54, 1.807) is 6.92 Å². The molecule has 0 unspecified atom stereocenters. The Morgan fingerprint density at radius 1 is 0.882 bits per heavy atom. The van der Waals surface area contributed by atoms with Crippen molar-refractivity contribution in [3.05, 3.63) is 58.7 Å². The Hall–Kier alpha value is -2.53. The number of carbonyl (C=O) groups excluding carboxylic acids is 1. The molecule has 2 aromatic rings. The molecule has 5 heteroatoms. The van der Waals surface area contributed by atoms with Gasteiger partial charge in [0.15, 0.2) is 6.61 Å². The quantitative estimate of drug-likeness (QED) is 0.400. The normalized spacial score (nSPS) is 12.9. The fourth-order valence-corrected chi connectivity index (χ4v) is 4.21. The first-order valence-corrected chi connectivity index (χ1v) is 12.3. The van der Waals surface area contributed by atoms with Gasteiger partial charge in [-0.15, -0.1) is 0 Å². The lowest BCUT2D eigenvalue weighted by Crippen LogP contribution is -2.32. The van der Waals surface area contributed by atoms with Crippen LogP contribution >= 0.6 is 0 Å². The Bertz CT molecular complexity index is 953. The lowest BCUT2D eigenvalue weighted by molar-refractivity contribution is -0.145. The molecule has 0 heterocycles. The first-order valence-electron chi connectivity index (χ1n) is 12.3. The van der Waals surface area contributed by atoms with Crippen LogP contribution in [0.3, 0.4) is 0 Å². The number of esters is 1. The van der Waals surface area contributed by atoms with E-state index in [-0.39, 0.29) is 30.0 Å². The summed E-state index contributed by atoms with van der Waals surface area (Å²) in [6.07, 6.45) is 1.34. The molecular weight excluding hydrogens is 428 g/mol. The van der Waals surface area contributed by atoms with E-state index < -0.39 is 6.10 Å². The summed E-state index contributed by atoms with van der Waals surface area (Å²) in [4.78, 5) is 11.7. The van der Waals surface area contributed by atoms with Crippen LogP contribution in [0.4, 0.5) is 0 Å². The van der Waals surface area contributed by atoms with Crippen molar-refractivity contribution in [1.29, 1.82) is 0 Å². The van der Waals surface area contributed by atoms with Crippen LogP contribution in [0.15, 0.2) is 36.4 Å². The molecule has 0 aliphatic carbocycles. The van der Waals surface area contributed by atoms with Crippen molar-refractivity contribution in [3.8, 4) is 11.5 Å². The van der Waals surface area contributed by atoms with Gasteiger partial charge in [-0.3, -0.25) is 0 Å². The topological polar surface area (TPSA) is 65.0 Å². The third-order valence-electron chi connectivity index (χ3n) is 6.71. The van der Waals surface area contributed by atoms with Gasteiger partial charge in [0.2, 0.25) is 0 Å². The zero-order chi connectivity index (χ0) is 25.5. The largest absolute Gasteiger partial charge is 0.491 e. The molecule has 5 nitrogen and oxygen atoms in total. The third-order valence-corrected chi connectivity index (χ3v) is 6.71. The van der Waals surface area contributed by atoms with E-state index in [0.717, 1.165) is 29.7 Å². The summed E-state index contributed by atoms with van der Waals surface area (Å²) in [5.74, 6) is 1.12. The average Bonchev–Trinajstić information content (AvgIpc) is 2.78. The Morgan fingerprint density at radius 3 is 1.79 bits per heavy atom. The first-order chi connectivity index (χ1) is 16.0. The standard InChI is InChI=1S/C29H42O5/c1-9-29(10-2,23-13-15-25(21(5)17-23)34-19-27(31)32-11-3)22-12-14-24(20(4)16-22)33-18-26(30)28(6,7)8/h12-17,26,30H,9-11,18-19H2,1-8H3/t26-/m1/s1. The van der Waals surface area contributed by atoms with Crippen LogP contribution in [0.1, 0.15) is 76.6 Å². The molecule has 0 saturated carbocycles. The number of rotatable bonds is 11. The van der Waals surface area contributed by atoms with Crippen LogP contribution in [0.25, 0.3) is 0 Å². The molecule has 0 fully saturated rings. The molecule has 0 aliphatic heterocycles. The molecule has 2 rings (SSSR count). The van der Waals surface area contributed by atoms with Crippen molar-refractivity contribution < 1.29 is 24.1 Å². The Kier molecular flexibility index (Phi) is 9.57. The lowest BCUT2D eigenvalue weighted by atomic mass is 9.70. The second kappa shape index (κ2) is 11.7. The van der Waals surface area contributed by atoms with Crippen molar-refractivity contribution in [2.45, 2.75) is 79.8 Å². The van der Waals surface area contributed by atoms with Crippen LogP contribution in [-0.4, -0.2) is 37.0 Å². The maximum absolute atomic E-state index is 11.7. The summed E-state index contributed by atoms with van der Waals surface area (Å²) >= 11 is 0. The highest BCUT2D eigenvalue weighted by Gasteiger charge is 2.32. The molecule has 0 spiro atoms. The molecular formula is C29H42O5. The van der Waals surface area contributed by atoms with E-state index in [0.29, 0.717) is 12.4 Å². The molecule has 1 N–H and O–H groups in total. The summed E-state index contributed by atoms with van der Waals surface area (Å²) in [6.45, 7) is 16.8. The fraction of sp³-hybridized carbons (Fsp3) is 0.552. The van der Waals surface area contributed by atoms with Gasteiger partial charge in [-0.1, -0.05) is 58.9 Å². The van der Waals surface area contributed by atoms with Gasteiger partial charge < -0.3 is 19.3 Å². The van der Waals surface area contributed by atoms with E-state index in [2.05, 4.69) is 45.0 Å². The second-order valence-corrected chi connectivity index (χ2v) is 10.0. The number of carbonyl (C=O) groups is 1. The number of aliphatic hydroxyl groups is 1. The predicted octanol–water partition coefficient (Wildman–Crippen LogP) is 6.14. The smallest absolute Gasteiger partial charge is 0.344 e. The molecule has 0 aromatic heterocycles. The average molecular weight is 471 g/mol. The zero-order valence-corrected chi connectivity index (χ0v) is 22.2. The van der Waals surface area contributed by atoms with Gasteiger partial charge >= 0.3 is 5.97 Å². The minimum Gasteiger partial charge on any atom is -0.491 e. The van der Waals surface area contributed by atoms with Gasteiger partial charge in [0, 0.05) is 5.41 Å². The first kappa shape index (κ1) is 27.7. The Morgan fingerprint density at radius 2 is 1.38 bits per heavy atom. The molecule has 1 atom stereocenters. The summed E-state index contributed by atoms with van der Waals surface area (Å²) in [6, 6.07) is 12.6. The second-order valence-electron chi connectivity index (χ2n) is 10.0. The minimum absolute atomic E-state index is 0.0920. The highest BCUT2D eigenvalue weighted by atomic mass is 16.6.